The summed E-state index contributed by atoms with van der Waals surface area (Å²) in [6.07, 6.45) is 3.63. The van der Waals surface area contributed by atoms with Crippen LogP contribution in [0.5, 0.6) is 11.5 Å². The highest BCUT2D eigenvalue weighted by atomic mass is 16.5. The molecule has 0 amide bonds. The van der Waals surface area contributed by atoms with Crippen molar-refractivity contribution >= 4 is 11.9 Å². The maximum Gasteiger partial charge on any atom is 0.334 e. The summed E-state index contributed by atoms with van der Waals surface area (Å²) in [5.41, 5.74) is 1.63. The Kier molecular flexibility index (Phi) is 6.41. The highest BCUT2D eigenvalue weighted by molar-refractivity contribution is 5.97. The van der Waals surface area contributed by atoms with Crippen LogP contribution in [0, 0.1) is 0 Å². The van der Waals surface area contributed by atoms with Crippen molar-refractivity contribution in [2.75, 3.05) is 20.8 Å². The van der Waals surface area contributed by atoms with E-state index >= 15 is 0 Å². The Labute approximate surface area is 174 Å². The molecule has 0 aromatic heterocycles. The van der Waals surface area contributed by atoms with Crippen LogP contribution < -0.4 is 9.47 Å². The number of carboxylic acids is 2. The summed E-state index contributed by atoms with van der Waals surface area (Å²) in [5.74, 6) is -1.82. The molecule has 0 aliphatic carbocycles. The second kappa shape index (κ2) is 9.17. The van der Waals surface area contributed by atoms with Gasteiger partial charge in [0, 0.05) is 18.9 Å². The molecule has 1 aliphatic rings. The fraction of sp³-hybridized carbons (Fsp3) is 0.217. The van der Waals surface area contributed by atoms with Gasteiger partial charge in [-0.15, -0.1) is 0 Å². The van der Waals surface area contributed by atoms with Gasteiger partial charge >= 0.3 is 11.9 Å². The molecule has 0 radical (unpaired) electrons. The maximum absolute atomic E-state index is 12.0. The fourth-order valence-electron chi connectivity index (χ4n) is 3.40. The molecule has 30 heavy (non-hydrogen) atoms. The van der Waals surface area contributed by atoms with Crippen LogP contribution in [0.15, 0.2) is 72.1 Å². The third-order valence-electron chi connectivity index (χ3n) is 4.99. The fourth-order valence-corrected chi connectivity index (χ4v) is 3.40. The van der Waals surface area contributed by atoms with E-state index in [2.05, 4.69) is 0 Å². The molecule has 1 heterocycles. The molecule has 3 rings (SSSR count). The third-order valence-corrected chi connectivity index (χ3v) is 4.99. The molecule has 1 aliphatic heterocycles. The highest BCUT2D eigenvalue weighted by Gasteiger charge is 2.33. The van der Waals surface area contributed by atoms with E-state index in [9.17, 15) is 19.8 Å². The Hall–Kier alpha value is -3.74. The minimum Gasteiger partial charge on any atom is -0.497 e. The van der Waals surface area contributed by atoms with Gasteiger partial charge in [0.1, 0.15) is 11.5 Å². The zero-order chi connectivity index (χ0) is 21.7. The lowest BCUT2D eigenvalue weighted by molar-refractivity contribution is -0.133. The van der Waals surface area contributed by atoms with E-state index in [0.29, 0.717) is 24.3 Å². The van der Waals surface area contributed by atoms with Crippen molar-refractivity contribution < 1.29 is 29.3 Å². The van der Waals surface area contributed by atoms with Crippen LogP contribution in [0.2, 0.25) is 0 Å². The molecule has 2 aromatic rings. The number of carbonyl (C=O) groups is 2. The van der Waals surface area contributed by atoms with E-state index in [1.165, 1.54) is 19.5 Å². The van der Waals surface area contributed by atoms with Gasteiger partial charge in [0.2, 0.25) is 0 Å². The number of rotatable bonds is 8. The number of aliphatic carboxylic acids is 2. The summed E-state index contributed by atoms with van der Waals surface area (Å²) in [7, 11) is 3.12. The number of ether oxygens (including phenoxy) is 2. The predicted molar refractivity (Wildman–Crippen MR) is 111 cm³/mol. The summed E-state index contributed by atoms with van der Waals surface area (Å²) in [6.45, 7) is 0.440. The quantitative estimate of drug-likeness (QED) is 0.691. The summed E-state index contributed by atoms with van der Waals surface area (Å²) in [4.78, 5) is 25.6. The van der Waals surface area contributed by atoms with E-state index < -0.39 is 17.9 Å². The van der Waals surface area contributed by atoms with Crippen molar-refractivity contribution in [2.24, 2.45) is 0 Å². The highest BCUT2D eigenvalue weighted by Crippen LogP contribution is 2.36. The first-order valence-electron chi connectivity index (χ1n) is 9.35. The summed E-state index contributed by atoms with van der Waals surface area (Å²) in [5, 5.41) is 19.6. The molecule has 0 bridgehead atoms. The second-order valence-corrected chi connectivity index (χ2v) is 6.82. The van der Waals surface area contributed by atoms with Crippen molar-refractivity contribution in [3.05, 3.63) is 83.2 Å². The van der Waals surface area contributed by atoms with Gasteiger partial charge in [-0.1, -0.05) is 24.3 Å². The minimum atomic E-state index is -1.16. The monoisotopic (exact) mass is 409 g/mol. The van der Waals surface area contributed by atoms with Gasteiger partial charge in [-0.05, 0) is 41.8 Å². The molecule has 0 saturated carbocycles. The van der Waals surface area contributed by atoms with Gasteiger partial charge in [0.05, 0.1) is 31.3 Å². The SMILES string of the molecule is COc1ccc(CCN2C=C(C(=O)O)C(c3ccc(OC)cc3)C(C(=O)O)=C2)cc1. The van der Waals surface area contributed by atoms with Gasteiger partial charge in [0.25, 0.3) is 0 Å². The molecule has 7 heteroatoms. The summed E-state index contributed by atoms with van der Waals surface area (Å²) >= 11 is 0. The van der Waals surface area contributed by atoms with Crippen molar-refractivity contribution in [3.8, 4) is 11.5 Å². The lowest BCUT2D eigenvalue weighted by Gasteiger charge is -2.29. The Bertz CT molecular complexity index is 944. The van der Waals surface area contributed by atoms with Crippen molar-refractivity contribution in [2.45, 2.75) is 12.3 Å². The molecule has 0 atom stereocenters. The Morgan fingerprint density at radius 2 is 1.30 bits per heavy atom. The van der Waals surface area contributed by atoms with Crippen molar-refractivity contribution in [1.82, 2.24) is 4.90 Å². The van der Waals surface area contributed by atoms with Crippen LogP contribution in [0.3, 0.4) is 0 Å². The van der Waals surface area contributed by atoms with Crippen molar-refractivity contribution in [1.29, 1.82) is 0 Å². The largest absolute Gasteiger partial charge is 0.497 e. The number of benzene rings is 2. The van der Waals surface area contributed by atoms with E-state index in [-0.39, 0.29) is 11.1 Å². The molecule has 0 fully saturated rings. The van der Waals surface area contributed by atoms with Gasteiger partial charge in [-0.2, -0.15) is 0 Å². The van der Waals surface area contributed by atoms with Gasteiger partial charge in [0.15, 0.2) is 0 Å². The van der Waals surface area contributed by atoms with Gasteiger partial charge < -0.3 is 24.6 Å². The minimum absolute atomic E-state index is 0.00907. The first-order valence-corrected chi connectivity index (χ1v) is 9.35. The molecule has 0 unspecified atom stereocenters. The second-order valence-electron chi connectivity index (χ2n) is 6.82. The lowest BCUT2D eigenvalue weighted by atomic mass is 9.83. The normalized spacial score (nSPS) is 14.0. The number of nitrogens with zero attached hydrogens (tertiary/aromatic N) is 1. The Morgan fingerprint density at radius 1 is 0.833 bits per heavy atom. The average molecular weight is 409 g/mol. The van der Waals surface area contributed by atoms with Crippen molar-refractivity contribution in [3.63, 3.8) is 0 Å². The van der Waals surface area contributed by atoms with Crippen LogP contribution in [0.1, 0.15) is 17.0 Å². The predicted octanol–water partition coefficient (Wildman–Crippen LogP) is 3.28. The summed E-state index contributed by atoms with van der Waals surface area (Å²) in [6, 6.07) is 14.3. The molecule has 2 aromatic carbocycles. The summed E-state index contributed by atoms with van der Waals surface area (Å²) < 4.78 is 10.3. The number of methoxy groups -OCH3 is 2. The standard InChI is InChI=1S/C23H23NO6/c1-29-17-7-3-15(4-8-17)11-12-24-13-19(22(25)26)21(20(14-24)23(27)28)16-5-9-18(30-2)10-6-16/h3-10,13-14,21H,11-12H2,1-2H3,(H,25,26)(H,27,28). The third kappa shape index (κ3) is 4.63. The first-order chi connectivity index (χ1) is 14.4. The molecule has 7 nitrogen and oxygen atoms in total. The molecule has 2 N–H and O–H groups in total. The van der Waals surface area contributed by atoms with E-state index in [1.807, 2.05) is 24.3 Å². The number of carboxylic acid groups (broad SMARTS) is 2. The van der Waals surface area contributed by atoms with Crippen LogP contribution in [0.25, 0.3) is 0 Å². The number of hydrogen-bond acceptors (Lipinski definition) is 5. The molecular weight excluding hydrogens is 386 g/mol. The van der Waals surface area contributed by atoms with E-state index in [4.69, 9.17) is 9.47 Å². The lowest BCUT2D eigenvalue weighted by Crippen LogP contribution is -2.28. The average Bonchev–Trinajstić information content (AvgIpc) is 2.77. The smallest absolute Gasteiger partial charge is 0.334 e. The topological polar surface area (TPSA) is 96.3 Å². The maximum atomic E-state index is 12.0. The zero-order valence-electron chi connectivity index (χ0n) is 16.7. The number of hydrogen-bond donors (Lipinski definition) is 2. The van der Waals surface area contributed by atoms with Crippen LogP contribution in [-0.4, -0.2) is 47.8 Å². The van der Waals surface area contributed by atoms with E-state index in [1.54, 1.807) is 36.3 Å². The van der Waals surface area contributed by atoms with E-state index in [0.717, 1.165) is 11.3 Å². The Morgan fingerprint density at radius 3 is 1.73 bits per heavy atom. The molecule has 0 saturated heterocycles. The Balaban J connectivity index is 1.87. The molecule has 156 valence electrons. The molecule has 0 spiro atoms. The zero-order valence-corrected chi connectivity index (χ0v) is 16.7. The van der Waals surface area contributed by atoms with Crippen LogP contribution >= 0.6 is 0 Å². The van der Waals surface area contributed by atoms with Crippen LogP contribution in [0.4, 0.5) is 0 Å². The van der Waals surface area contributed by atoms with Gasteiger partial charge in [-0.25, -0.2) is 9.59 Å². The van der Waals surface area contributed by atoms with Crippen LogP contribution in [-0.2, 0) is 16.0 Å². The molecular formula is C23H23NO6. The first kappa shape index (κ1) is 21.0. The van der Waals surface area contributed by atoms with Gasteiger partial charge in [-0.3, -0.25) is 0 Å².